The monoisotopic (exact) mass is 261 g/mol. The normalized spacial score (nSPS) is 10.9. The molecule has 0 radical (unpaired) electrons. The summed E-state index contributed by atoms with van der Waals surface area (Å²) in [6.45, 7) is 7.85. The summed E-state index contributed by atoms with van der Waals surface area (Å²) in [5.41, 5.74) is 2.68. The van der Waals surface area contributed by atoms with Crippen molar-refractivity contribution in [2.45, 2.75) is 71.6 Å². The molecule has 0 amide bonds. The van der Waals surface area contributed by atoms with Crippen LogP contribution < -0.4 is 5.32 Å². The summed E-state index contributed by atoms with van der Waals surface area (Å²) in [5.74, 6) is 0.622. The molecule has 0 unspecified atom stereocenters. The zero-order valence-corrected chi connectivity index (χ0v) is 13.0. The predicted octanol–water partition coefficient (Wildman–Crippen LogP) is 5.97. The van der Waals surface area contributed by atoms with Crippen LogP contribution >= 0.6 is 0 Å². The van der Waals surface area contributed by atoms with E-state index < -0.39 is 0 Å². The van der Waals surface area contributed by atoms with E-state index in [0.717, 1.165) is 6.54 Å². The first-order valence-electron chi connectivity index (χ1n) is 8.08. The first kappa shape index (κ1) is 16.1. The average molecular weight is 261 g/mol. The largest absolute Gasteiger partial charge is 0.385 e. The highest BCUT2D eigenvalue weighted by molar-refractivity contribution is 5.44. The SMILES string of the molecule is CCCCCCCCCNc1ccc(C(C)C)cc1. The van der Waals surface area contributed by atoms with Crippen molar-refractivity contribution in [3.05, 3.63) is 29.8 Å². The van der Waals surface area contributed by atoms with Crippen molar-refractivity contribution in [2.24, 2.45) is 0 Å². The number of rotatable bonds is 10. The van der Waals surface area contributed by atoms with E-state index in [0.29, 0.717) is 5.92 Å². The van der Waals surface area contributed by atoms with Crippen molar-refractivity contribution >= 4 is 5.69 Å². The van der Waals surface area contributed by atoms with E-state index in [1.165, 1.54) is 56.2 Å². The molecule has 0 spiro atoms. The van der Waals surface area contributed by atoms with E-state index in [-0.39, 0.29) is 0 Å². The Hall–Kier alpha value is -0.980. The minimum atomic E-state index is 0.622. The van der Waals surface area contributed by atoms with Crippen molar-refractivity contribution < 1.29 is 0 Å². The second-order valence-corrected chi connectivity index (χ2v) is 5.82. The molecular weight excluding hydrogens is 230 g/mol. The van der Waals surface area contributed by atoms with E-state index >= 15 is 0 Å². The Bertz CT molecular complexity index is 313. The van der Waals surface area contributed by atoms with E-state index in [2.05, 4.69) is 50.4 Å². The smallest absolute Gasteiger partial charge is 0.0340 e. The maximum absolute atomic E-state index is 3.51. The van der Waals surface area contributed by atoms with Gasteiger partial charge in [0.25, 0.3) is 0 Å². The molecule has 0 saturated carbocycles. The Morgan fingerprint density at radius 1 is 0.842 bits per heavy atom. The van der Waals surface area contributed by atoms with E-state index in [4.69, 9.17) is 0 Å². The minimum absolute atomic E-state index is 0.622. The van der Waals surface area contributed by atoms with Crippen molar-refractivity contribution in [3.63, 3.8) is 0 Å². The van der Waals surface area contributed by atoms with Crippen molar-refractivity contribution in [1.82, 2.24) is 0 Å². The fourth-order valence-electron chi connectivity index (χ4n) is 2.30. The van der Waals surface area contributed by atoms with Crippen LogP contribution in [0.4, 0.5) is 5.69 Å². The molecule has 0 saturated heterocycles. The lowest BCUT2D eigenvalue weighted by molar-refractivity contribution is 0.596. The van der Waals surface area contributed by atoms with E-state index in [9.17, 15) is 0 Å². The van der Waals surface area contributed by atoms with Crippen LogP contribution in [0.3, 0.4) is 0 Å². The number of hydrogen-bond acceptors (Lipinski definition) is 1. The molecule has 0 aliphatic rings. The van der Waals surface area contributed by atoms with Gasteiger partial charge in [-0.15, -0.1) is 0 Å². The van der Waals surface area contributed by atoms with Gasteiger partial charge in [-0.05, 0) is 30.0 Å². The van der Waals surface area contributed by atoms with Crippen LogP contribution in [-0.4, -0.2) is 6.54 Å². The minimum Gasteiger partial charge on any atom is -0.385 e. The summed E-state index contributed by atoms with van der Waals surface area (Å²) < 4.78 is 0. The first-order valence-corrected chi connectivity index (χ1v) is 8.08. The van der Waals surface area contributed by atoms with E-state index in [1.807, 2.05) is 0 Å². The van der Waals surface area contributed by atoms with Gasteiger partial charge >= 0.3 is 0 Å². The third-order valence-electron chi connectivity index (χ3n) is 3.69. The number of nitrogens with one attached hydrogen (secondary N) is 1. The van der Waals surface area contributed by atoms with Gasteiger partial charge in [-0.2, -0.15) is 0 Å². The Labute approximate surface area is 119 Å². The molecular formula is C18H31N. The van der Waals surface area contributed by atoms with E-state index in [1.54, 1.807) is 0 Å². The van der Waals surface area contributed by atoms with Gasteiger partial charge in [0.2, 0.25) is 0 Å². The Morgan fingerprint density at radius 3 is 2.00 bits per heavy atom. The third-order valence-corrected chi connectivity index (χ3v) is 3.69. The van der Waals surface area contributed by atoms with Crippen LogP contribution in [0.25, 0.3) is 0 Å². The Morgan fingerprint density at radius 2 is 1.42 bits per heavy atom. The molecule has 1 aromatic carbocycles. The second-order valence-electron chi connectivity index (χ2n) is 5.82. The molecule has 1 heteroatoms. The molecule has 0 aliphatic heterocycles. The topological polar surface area (TPSA) is 12.0 Å². The number of unbranched alkanes of at least 4 members (excludes halogenated alkanes) is 6. The zero-order chi connectivity index (χ0) is 13.9. The molecule has 0 fully saturated rings. The van der Waals surface area contributed by atoms with Crippen LogP contribution in [0.2, 0.25) is 0 Å². The maximum Gasteiger partial charge on any atom is 0.0340 e. The van der Waals surface area contributed by atoms with Crippen LogP contribution in [-0.2, 0) is 0 Å². The van der Waals surface area contributed by atoms with Gasteiger partial charge in [-0.1, -0.05) is 71.4 Å². The molecule has 19 heavy (non-hydrogen) atoms. The fourth-order valence-corrected chi connectivity index (χ4v) is 2.30. The van der Waals surface area contributed by atoms with Gasteiger partial charge in [0, 0.05) is 12.2 Å². The maximum atomic E-state index is 3.51. The number of hydrogen-bond donors (Lipinski definition) is 1. The van der Waals surface area contributed by atoms with Gasteiger partial charge < -0.3 is 5.32 Å². The lowest BCUT2D eigenvalue weighted by Crippen LogP contribution is -2.01. The first-order chi connectivity index (χ1) is 9.24. The highest BCUT2D eigenvalue weighted by Crippen LogP contribution is 2.17. The summed E-state index contributed by atoms with van der Waals surface area (Å²) in [5, 5.41) is 3.51. The highest BCUT2D eigenvalue weighted by atomic mass is 14.9. The number of benzene rings is 1. The summed E-state index contributed by atoms with van der Waals surface area (Å²) in [6.07, 6.45) is 9.62. The highest BCUT2D eigenvalue weighted by Gasteiger charge is 1.98. The second kappa shape index (κ2) is 9.89. The third kappa shape index (κ3) is 7.25. The zero-order valence-electron chi connectivity index (χ0n) is 13.0. The lowest BCUT2D eigenvalue weighted by Gasteiger charge is -2.09. The molecule has 108 valence electrons. The Kier molecular flexibility index (Phi) is 8.36. The average Bonchev–Trinajstić information content (AvgIpc) is 2.42. The molecule has 0 aliphatic carbocycles. The lowest BCUT2D eigenvalue weighted by atomic mass is 10.0. The van der Waals surface area contributed by atoms with Gasteiger partial charge in [0.1, 0.15) is 0 Å². The Balaban J connectivity index is 2.06. The van der Waals surface area contributed by atoms with Crippen molar-refractivity contribution in [3.8, 4) is 0 Å². The van der Waals surface area contributed by atoms with Gasteiger partial charge in [0.15, 0.2) is 0 Å². The summed E-state index contributed by atoms with van der Waals surface area (Å²) in [4.78, 5) is 0. The summed E-state index contributed by atoms with van der Waals surface area (Å²) in [6, 6.07) is 8.88. The van der Waals surface area contributed by atoms with Crippen LogP contribution in [0, 0.1) is 0 Å². The van der Waals surface area contributed by atoms with Gasteiger partial charge in [-0.25, -0.2) is 0 Å². The standard InChI is InChI=1S/C18H31N/c1-4-5-6-7-8-9-10-15-19-18-13-11-17(12-14-18)16(2)3/h11-14,16,19H,4-10,15H2,1-3H3. The quantitative estimate of drug-likeness (QED) is 0.511. The van der Waals surface area contributed by atoms with Crippen LogP contribution in [0.5, 0.6) is 0 Å². The molecule has 0 atom stereocenters. The molecule has 1 aromatic rings. The van der Waals surface area contributed by atoms with Gasteiger partial charge in [-0.3, -0.25) is 0 Å². The fraction of sp³-hybridized carbons (Fsp3) is 0.667. The number of anilines is 1. The summed E-state index contributed by atoms with van der Waals surface area (Å²) in [7, 11) is 0. The van der Waals surface area contributed by atoms with Crippen molar-refractivity contribution in [2.75, 3.05) is 11.9 Å². The molecule has 1 nitrogen and oxygen atoms in total. The predicted molar refractivity (Wildman–Crippen MR) is 87.0 cm³/mol. The van der Waals surface area contributed by atoms with Crippen molar-refractivity contribution in [1.29, 1.82) is 0 Å². The molecule has 0 bridgehead atoms. The van der Waals surface area contributed by atoms with Crippen LogP contribution in [0.15, 0.2) is 24.3 Å². The summed E-state index contributed by atoms with van der Waals surface area (Å²) >= 11 is 0. The molecule has 1 rings (SSSR count). The molecule has 1 N–H and O–H groups in total. The van der Waals surface area contributed by atoms with Gasteiger partial charge in [0.05, 0.1) is 0 Å². The molecule has 0 heterocycles. The molecule has 0 aromatic heterocycles. The van der Waals surface area contributed by atoms with Crippen LogP contribution in [0.1, 0.15) is 77.2 Å².